The van der Waals surface area contributed by atoms with Crippen molar-refractivity contribution in [2.45, 2.75) is 43.9 Å². The van der Waals surface area contributed by atoms with Gasteiger partial charge in [-0.2, -0.15) is 12.6 Å². The van der Waals surface area contributed by atoms with Gasteiger partial charge in [0.25, 0.3) is 0 Å². The predicted octanol–water partition coefficient (Wildman–Crippen LogP) is 0.769. The molecule has 0 radical (unpaired) electrons. The summed E-state index contributed by atoms with van der Waals surface area (Å²) in [5, 5.41) is 18.2. The Balaban J connectivity index is 1.73. The molecule has 0 aliphatic carbocycles. The molecule has 3 aromatic rings. The number of carbonyl (C=O) groups excluding carboxylic acids is 3. The molecule has 3 rings (SSSR count). The number of amides is 3. The molecule has 11 heteroatoms. The number of thiol groups is 1. The van der Waals surface area contributed by atoms with E-state index in [1.807, 2.05) is 24.3 Å². The average Bonchev–Trinajstić information content (AvgIpc) is 3.29. The Kier molecular flexibility index (Phi) is 9.70. The molecule has 4 atom stereocenters. The van der Waals surface area contributed by atoms with Gasteiger partial charge >= 0.3 is 5.97 Å². The molecule has 0 aliphatic heterocycles. The highest BCUT2D eigenvalue weighted by Gasteiger charge is 2.30. The molecule has 1 aromatic heterocycles. The summed E-state index contributed by atoms with van der Waals surface area (Å²) in [5.41, 5.74) is 8.09. The van der Waals surface area contributed by atoms with Crippen molar-refractivity contribution in [2.24, 2.45) is 5.73 Å². The van der Waals surface area contributed by atoms with Gasteiger partial charge in [-0.05, 0) is 24.1 Å². The number of benzene rings is 2. The fourth-order valence-electron chi connectivity index (χ4n) is 3.82. The van der Waals surface area contributed by atoms with Gasteiger partial charge in [-0.3, -0.25) is 14.4 Å². The highest BCUT2D eigenvalue weighted by molar-refractivity contribution is 7.80. The Morgan fingerprint density at radius 1 is 0.865 bits per heavy atom. The molecule has 0 aliphatic rings. The number of carbonyl (C=O) groups is 4. The molecule has 0 saturated carbocycles. The molecule has 0 bridgehead atoms. The number of carboxylic acids is 1. The number of rotatable bonds is 12. The van der Waals surface area contributed by atoms with E-state index >= 15 is 0 Å². The predicted molar refractivity (Wildman–Crippen MR) is 143 cm³/mol. The summed E-state index contributed by atoms with van der Waals surface area (Å²) < 4.78 is 0. The van der Waals surface area contributed by atoms with Crippen LogP contribution in [0.2, 0.25) is 0 Å². The maximum Gasteiger partial charge on any atom is 0.326 e. The van der Waals surface area contributed by atoms with E-state index in [4.69, 9.17) is 5.73 Å². The minimum atomic E-state index is -1.21. The first-order valence-corrected chi connectivity index (χ1v) is 12.4. The lowest BCUT2D eigenvalue weighted by Gasteiger charge is -2.24. The number of fused-ring (bicyclic) bond motifs is 1. The molecule has 0 saturated heterocycles. The van der Waals surface area contributed by atoms with Gasteiger partial charge in [0.1, 0.15) is 18.1 Å². The second-order valence-electron chi connectivity index (χ2n) is 8.75. The van der Waals surface area contributed by atoms with Crippen molar-refractivity contribution >= 4 is 47.2 Å². The molecule has 7 N–H and O–H groups in total. The second kappa shape index (κ2) is 12.9. The van der Waals surface area contributed by atoms with Crippen LogP contribution in [0.3, 0.4) is 0 Å². The van der Waals surface area contributed by atoms with E-state index in [0.717, 1.165) is 22.0 Å². The van der Waals surface area contributed by atoms with Crippen LogP contribution in [0.1, 0.15) is 18.1 Å². The van der Waals surface area contributed by atoms with Gasteiger partial charge in [0.2, 0.25) is 17.7 Å². The number of nitrogens with two attached hydrogens (primary N) is 1. The lowest BCUT2D eigenvalue weighted by Crippen LogP contribution is -2.58. The average molecular weight is 526 g/mol. The second-order valence-corrected chi connectivity index (χ2v) is 9.11. The number of carboxylic acid groups (broad SMARTS) is 1. The lowest BCUT2D eigenvalue weighted by molar-refractivity contribution is -0.142. The molecule has 10 nitrogen and oxygen atoms in total. The van der Waals surface area contributed by atoms with Gasteiger partial charge in [0, 0.05) is 35.7 Å². The first-order chi connectivity index (χ1) is 17.7. The zero-order valence-electron chi connectivity index (χ0n) is 20.3. The van der Waals surface area contributed by atoms with Crippen LogP contribution in [0, 0.1) is 0 Å². The first-order valence-electron chi connectivity index (χ1n) is 11.8. The molecule has 4 unspecified atom stereocenters. The fourth-order valence-corrected chi connectivity index (χ4v) is 4.08. The Morgan fingerprint density at radius 3 is 2.11 bits per heavy atom. The summed E-state index contributed by atoms with van der Waals surface area (Å²) in [6.45, 7) is 1.50. The van der Waals surface area contributed by atoms with E-state index in [1.54, 1.807) is 36.5 Å². The molecular formula is C26H31N5O5S. The van der Waals surface area contributed by atoms with E-state index in [2.05, 4.69) is 33.6 Å². The Hall–Kier alpha value is -3.83. The Morgan fingerprint density at radius 2 is 1.46 bits per heavy atom. The summed E-state index contributed by atoms with van der Waals surface area (Å²) >= 11 is 4.18. The van der Waals surface area contributed by atoms with Crippen molar-refractivity contribution in [3.05, 3.63) is 71.9 Å². The molecule has 1 heterocycles. The Labute approximate surface area is 219 Å². The molecule has 3 amide bonds. The van der Waals surface area contributed by atoms with Crippen LogP contribution in [-0.4, -0.2) is 63.7 Å². The minimum Gasteiger partial charge on any atom is -0.480 e. The van der Waals surface area contributed by atoms with Crippen LogP contribution in [-0.2, 0) is 32.0 Å². The third-order valence-electron chi connectivity index (χ3n) is 5.86. The third kappa shape index (κ3) is 7.58. The Bertz CT molecular complexity index is 1250. The molecule has 2 aromatic carbocycles. The number of aliphatic carboxylic acids is 1. The van der Waals surface area contributed by atoms with Crippen molar-refractivity contribution < 1.29 is 24.3 Å². The largest absolute Gasteiger partial charge is 0.480 e. The van der Waals surface area contributed by atoms with Crippen molar-refractivity contribution in [3.63, 3.8) is 0 Å². The van der Waals surface area contributed by atoms with E-state index in [-0.39, 0.29) is 18.6 Å². The zero-order chi connectivity index (χ0) is 26.9. The van der Waals surface area contributed by atoms with Crippen molar-refractivity contribution in [3.8, 4) is 0 Å². The number of aromatic amines is 1. The summed E-state index contributed by atoms with van der Waals surface area (Å²) in [6.07, 6.45) is 1.97. The van der Waals surface area contributed by atoms with Crippen molar-refractivity contribution in [2.75, 3.05) is 5.75 Å². The molecule has 0 fully saturated rings. The van der Waals surface area contributed by atoms with Gasteiger partial charge in [0.05, 0.1) is 6.04 Å². The first kappa shape index (κ1) is 27.8. The van der Waals surface area contributed by atoms with Crippen LogP contribution in [0.25, 0.3) is 10.9 Å². The van der Waals surface area contributed by atoms with Crippen LogP contribution in [0.4, 0.5) is 0 Å². The van der Waals surface area contributed by atoms with Crippen molar-refractivity contribution in [1.82, 2.24) is 20.9 Å². The summed E-state index contributed by atoms with van der Waals surface area (Å²) in [6, 6.07) is 12.2. The van der Waals surface area contributed by atoms with Crippen LogP contribution in [0.15, 0.2) is 60.8 Å². The highest BCUT2D eigenvalue weighted by Crippen LogP contribution is 2.19. The van der Waals surface area contributed by atoms with E-state index in [1.165, 1.54) is 6.92 Å². The van der Waals surface area contributed by atoms with Crippen LogP contribution >= 0.6 is 12.6 Å². The SMILES string of the molecule is CC(N)C(=O)NC(Cc1c[nH]c2ccccc12)C(=O)NC(CS)C(=O)NC(Cc1ccccc1)C(=O)O. The van der Waals surface area contributed by atoms with E-state index < -0.39 is 47.9 Å². The van der Waals surface area contributed by atoms with E-state index in [9.17, 15) is 24.3 Å². The van der Waals surface area contributed by atoms with Gasteiger partial charge in [-0.1, -0.05) is 48.5 Å². The number of nitrogens with one attached hydrogen (secondary N) is 4. The highest BCUT2D eigenvalue weighted by atomic mass is 32.1. The monoisotopic (exact) mass is 525 g/mol. The lowest BCUT2D eigenvalue weighted by atomic mass is 10.0. The van der Waals surface area contributed by atoms with Crippen LogP contribution < -0.4 is 21.7 Å². The molecule has 37 heavy (non-hydrogen) atoms. The maximum absolute atomic E-state index is 13.2. The van der Waals surface area contributed by atoms with Gasteiger partial charge in [-0.15, -0.1) is 0 Å². The summed E-state index contributed by atoms with van der Waals surface area (Å²) in [7, 11) is 0. The number of hydrogen-bond acceptors (Lipinski definition) is 6. The van der Waals surface area contributed by atoms with Gasteiger partial charge in [-0.25, -0.2) is 4.79 Å². The van der Waals surface area contributed by atoms with E-state index in [0.29, 0.717) is 0 Å². The summed E-state index contributed by atoms with van der Waals surface area (Å²) in [5.74, 6) is -3.14. The number of para-hydroxylation sites is 1. The minimum absolute atomic E-state index is 0.0722. The number of H-pyrrole nitrogens is 1. The standard InChI is InChI=1S/C26H31N5O5S/c1-15(27)23(32)29-20(12-17-13-28-19-10-6-5-9-18(17)19)24(33)31-22(14-37)25(34)30-21(26(35)36)11-16-7-3-2-4-8-16/h2-10,13,15,20-22,28,37H,11-12,14,27H2,1H3,(H,29,32)(H,30,34)(H,31,33)(H,35,36). The number of aromatic nitrogens is 1. The smallest absolute Gasteiger partial charge is 0.326 e. The third-order valence-corrected chi connectivity index (χ3v) is 6.22. The fraction of sp³-hybridized carbons (Fsp3) is 0.308. The van der Waals surface area contributed by atoms with Crippen LogP contribution in [0.5, 0.6) is 0 Å². The zero-order valence-corrected chi connectivity index (χ0v) is 21.2. The number of hydrogen-bond donors (Lipinski definition) is 7. The van der Waals surface area contributed by atoms with Crippen molar-refractivity contribution in [1.29, 1.82) is 0 Å². The summed E-state index contributed by atoms with van der Waals surface area (Å²) in [4.78, 5) is 53.4. The maximum atomic E-state index is 13.2. The van der Waals surface area contributed by atoms with Gasteiger partial charge in [0.15, 0.2) is 0 Å². The topological polar surface area (TPSA) is 166 Å². The molecular weight excluding hydrogens is 494 g/mol. The normalized spacial score (nSPS) is 14.2. The quantitative estimate of drug-likeness (QED) is 0.173. The van der Waals surface area contributed by atoms with Gasteiger partial charge < -0.3 is 31.8 Å². The molecule has 0 spiro atoms. The molecule has 196 valence electrons.